The Bertz CT molecular complexity index is 1170. The predicted molar refractivity (Wildman–Crippen MR) is 114 cm³/mol. The number of rotatable bonds is 5. The third-order valence-corrected chi connectivity index (χ3v) is 5.25. The van der Waals surface area contributed by atoms with E-state index in [1.807, 2.05) is 43.3 Å². The molecular weight excluding hydrogens is 398 g/mol. The van der Waals surface area contributed by atoms with E-state index in [0.717, 1.165) is 16.9 Å². The molecule has 0 unspecified atom stereocenters. The second-order valence-corrected chi connectivity index (χ2v) is 7.12. The minimum Gasteiger partial charge on any atom is -0.466 e. The molecule has 0 aliphatic carbocycles. The van der Waals surface area contributed by atoms with Crippen molar-refractivity contribution in [3.05, 3.63) is 71.2 Å². The minimum atomic E-state index is -0.630. The fourth-order valence-corrected chi connectivity index (χ4v) is 3.72. The molecule has 1 aromatic heterocycles. The first-order valence-corrected chi connectivity index (χ1v) is 9.79. The number of fused-ring (bicyclic) bond motifs is 1. The summed E-state index contributed by atoms with van der Waals surface area (Å²) in [7, 11) is 2.53. The number of ether oxygens (including phenoxy) is 3. The Labute approximate surface area is 179 Å². The van der Waals surface area contributed by atoms with Crippen molar-refractivity contribution >= 4 is 28.7 Å². The molecule has 1 aliphatic rings. The fourth-order valence-electron chi connectivity index (χ4n) is 3.72. The standard InChI is InChI=1S/C23H23N3O5/c1-15-24-19-11-17(9-10-20(19)25(15)12-16-7-5-4-6-8-16)26-14-31-13-18(22(27)29-2)21(26)23(28)30-3/h4-11H,12-14H2,1-3H3. The van der Waals surface area contributed by atoms with Crippen molar-refractivity contribution in [2.24, 2.45) is 0 Å². The molecule has 0 radical (unpaired) electrons. The summed E-state index contributed by atoms with van der Waals surface area (Å²) in [4.78, 5) is 31.0. The van der Waals surface area contributed by atoms with Crippen LogP contribution in [0.5, 0.6) is 0 Å². The molecule has 31 heavy (non-hydrogen) atoms. The lowest BCUT2D eigenvalue weighted by Gasteiger charge is -2.31. The highest BCUT2D eigenvalue weighted by Gasteiger charge is 2.32. The number of benzene rings is 2. The molecule has 0 bridgehead atoms. The molecule has 2 aromatic carbocycles. The van der Waals surface area contributed by atoms with Crippen LogP contribution in [0.1, 0.15) is 11.4 Å². The molecule has 160 valence electrons. The second kappa shape index (κ2) is 8.61. The quantitative estimate of drug-likeness (QED) is 0.586. The number of aryl methyl sites for hydroxylation is 1. The maximum atomic E-state index is 12.5. The van der Waals surface area contributed by atoms with Gasteiger partial charge in [0.2, 0.25) is 0 Å². The molecule has 0 fully saturated rings. The first kappa shape index (κ1) is 20.6. The van der Waals surface area contributed by atoms with Gasteiger partial charge >= 0.3 is 11.9 Å². The number of anilines is 1. The van der Waals surface area contributed by atoms with Gasteiger partial charge in [-0.1, -0.05) is 30.3 Å². The van der Waals surface area contributed by atoms with Gasteiger partial charge in [-0.15, -0.1) is 0 Å². The molecule has 3 aromatic rings. The highest BCUT2D eigenvalue weighted by molar-refractivity contribution is 6.03. The third kappa shape index (κ3) is 3.89. The molecule has 0 N–H and O–H groups in total. The van der Waals surface area contributed by atoms with Crippen LogP contribution < -0.4 is 4.90 Å². The number of methoxy groups -OCH3 is 2. The second-order valence-electron chi connectivity index (χ2n) is 7.12. The van der Waals surface area contributed by atoms with Gasteiger partial charge in [0, 0.05) is 12.2 Å². The van der Waals surface area contributed by atoms with Crippen molar-refractivity contribution in [3.63, 3.8) is 0 Å². The first-order valence-electron chi connectivity index (χ1n) is 9.79. The monoisotopic (exact) mass is 421 g/mol. The van der Waals surface area contributed by atoms with Gasteiger partial charge < -0.3 is 23.7 Å². The average molecular weight is 421 g/mol. The number of hydrogen-bond donors (Lipinski definition) is 0. The lowest BCUT2D eigenvalue weighted by Crippen LogP contribution is -2.38. The highest BCUT2D eigenvalue weighted by Crippen LogP contribution is 2.30. The van der Waals surface area contributed by atoms with Gasteiger partial charge in [0.25, 0.3) is 0 Å². The predicted octanol–water partition coefficient (Wildman–Crippen LogP) is 2.79. The SMILES string of the molecule is COC(=O)C1=C(C(=O)OC)N(c2ccc3c(c2)nc(C)n3Cc2ccccc2)COC1. The number of hydrogen-bond acceptors (Lipinski definition) is 7. The van der Waals surface area contributed by atoms with Gasteiger partial charge in [-0.3, -0.25) is 0 Å². The number of carbonyl (C=O) groups is 2. The summed E-state index contributed by atoms with van der Waals surface area (Å²) in [6, 6.07) is 15.9. The minimum absolute atomic E-state index is 0.0271. The summed E-state index contributed by atoms with van der Waals surface area (Å²) in [5.41, 5.74) is 3.82. The summed E-state index contributed by atoms with van der Waals surface area (Å²) in [5.74, 6) is -0.381. The van der Waals surface area contributed by atoms with E-state index in [-0.39, 0.29) is 24.6 Å². The van der Waals surface area contributed by atoms with Gasteiger partial charge in [0.05, 0.1) is 37.4 Å². The van der Waals surface area contributed by atoms with Crippen molar-refractivity contribution in [1.29, 1.82) is 0 Å². The van der Waals surface area contributed by atoms with E-state index in [2.05, 4.69) is 16.7 Å². The topological polar surface area (TPSA) is 82.9 Å². The van der Waals surface area contributed by atoms with Gasteiger partial charge in [0.15, 0.2) is 0 Å². The molecule has 4 rings (SSSR count). The fraction of sp³-hybridized carbons (Fsp3) is 0.261. The van der Waals surface area contributed by atoms with Gasteiger partial charge in [0.1, 0.15) is 18.3 Å². The molecule has 2 heterocycles. The van der Waals surface area contributed by atoms with Gasteiger partial charge in [-0.05, 0) is 30.7 Å². The Kier molecular flexibility index (Phi) is 5.73. The lowest BCUT2D eigenvalue weighted by atomic mass is 10.1. The maximum absolute atomic E-state index is 12.5. The Balaban J connectivity index is 1.76. The molecule has 8 heteroatoms. The molecular formula is C23H23N3O5. The van der Waals surface area contributed by atoms with Crippen molar-refractivity contribution in [1.82, 2.24) is 9.55 Å². The van der Waals surface area contributed by atoms with Crippen LogP contribution in [0.4, 0.5) is 5.69 Å². The van der Waals surface area contributed by atoms with Crippen molar-refractivity contribution in [3.8, 4) is 0 Å². The first-order chi connectivity index (χ1) is 15.0. The van der Waals surface area contributed by atoms with E-state index in [1.54, 1.807) is 4.90 Å². The van der Waals surface area contributed by atoms with E-state index in [0.29, 0.717) is 12.2 Å². The van der Waals surface area contributed by atoms with Crippen LogP contribution in [0.2, 0.25) is 0 Å². The van der Waals surface area contributed by atoms with E-state index < -0.39 is 11.9 Å². The number of carbonyl (C=O) groups excluding carboxylic acids is 2. The zero-order valence-corrected chi connectivity index (χ0v) is 17.6. The van der Waals surface area contributed by atoms with Crippen LogP contribution in [0.25, 0.3) is 11.0 Å². The van der Waals surface area contributed by atoms with E-state index in [4.69, 9.17) is 19.2 Å². The lowest BCUT2D eigenvalue weighted by molar-refractivity contribution is -0.140. The van der Waals surface area contributed by atoms with Crippen molar-refractivity contribution < 1.29 is 23.8 Å². The smallest absolute Gasteiger partial charge is 0.355 e. The van der Waals surface area contributed by atoms with Crippen LogP contribution in [-0.2, 0) is 30.3 Å². The van der Waals surface area contributed by atoms with Crippen molar-refractivity contribution in [2.75, 3.05) is 32.5 Å². The number of imidazole rings is 1. The third-order valence-electron chi connectivity index (χ3n) is 5.25. The average Bonchev–Trinajstić information content (AvgIpc) is 3.12. The Morgan fingerprint density at radius 3 is 2.52 bits per heavy atom. The summed E-state index contributed by atoms with van der Waals surface area (Å²) in [5, 5.41) is 0. The maximum Gasteiger partial charge on any atom is 0.355 e. The Hall–Kier alpha value is -3.65. The zero-order chi connectivity index (χ0) is 22.0. The van der Waals surface area contributed by atoms with Crippen LogP contribution in [-0.4, -0.2) is 49.0 Å². The largest absolute Gasteiger partial charge is 0.466 e. The molecule has 0 spiro atoms. The van der Waals surface area contributed by atoms with E-state index >= 15 is 0 Å². The number of esters is 2. The molecule has 0 amide bonds. The molecule has 0 atom stereocenters. The summed E-state index contributed by atoms with van der Waals surface area (Å²) < 4.78 is 17.4. The summed E-state index contributed by atoms with van der Waals surface area (Å²) in [6.07, 6.45) is 0. The normalized spacial score (nSPS) is 14.1. The van der Waals surface area contributed by atoms with Crippen molar-refractivity contribution in [2.45, 2.75) is 13.5 Å². The molecule has 0 saturated carbocycles. The zero-order valence-electron chi connectivity index (χ0n) is 17.6. The van der Waals surface area contributed by atoms with Gasteiger partial charge in [-0.2, -0.15) is 0 Å². The van der Waals surface area contributed by atoms with Crippen LogP contribution in [0.15, 0.2) is 59.8 Å². The molecule has 8 nitrogen and oxygen atoms in total. The van der Waals surface area contributed by atoms with Crippen LogP contribution in [0.3, 0.4) is 0 Å². The van der Waals surface area contributed by atoms with Crippen LogP contribution in [0, 0.1) is 6.92 Å². The highest BCUT2D eigenvalue weighted by atomic mass is 16.5. The number of aromatic nitrogens is 2. The Morgan fingerprint density at radius 2 is 1.81 bits per heavy atom. The van der Waals surface area contributed by atoms with E-state index in [1.165, 1.54) is 19.8 Å². The number of nitrogens with zero attached hydrogens (tertiary/aromatic N) is 3. The summed E-state index contributed by atoms with van der Waals surface area (Å²) >= 11 is 0. The van der Waals surface area contributed by atoms with Crippen LogP contribution >= 0.6 is 0 Å². The molecule has 0 saturated heterocycles. The Morgan fingerprint density at radius 1 is 1.06 bits per heavy atom. The summed E-state index contributed by atoms with van der Waals surface area (Å²) in [6.45, 7) is 2.73. The van der Waals surface area contributed by atoms with Gasteiger partial charge in [-0.25, -0.2) is 14.6 Å². The molecule has 1 aliphatic heterocycles. The van der Waals surface area contributed by atoms with E-state index in [9.17, 15) is 9.59 Å².